The molecular weight excluding hydrogens is 246 g/mol. The van der Waals surface area contributed by atoms with Gasteiger partial charge in [-0.05, 0) is 48.7 Å². The molecule has 2 aromatic rings. The molecule has 0 bridgehead atoms. The summed E-state index contributed by atoms with van der Waals surface area (Å²) in [4.78, 5) is 10.1. The molecule has 0 spiro atoms. The van der Waals surface area contributed by atoms with Gasteiger partial charge in [0.1, 0.15) is 5.75 Å². The quantitative estimate of drug-likeness (QED) is 0.649. The van der Waals surface area contributed by atoms with Gasteiger partial charge < -0.3 is 4.74 Å². The third-order valence-electron chi connectivity index (χ3n) is 1.96. The van der Waals surface area contributed by atoms with E-state index in [1.165, 1.54) is 0 Å². The number of hydrogen-bond donors (Lipinski definition) is 2. The molecule has 0 fully saturated rings. The number of aromatic amines is 2. The van der Waals surface area contributed by atoms with E-state index in [9.17, 15) is 4.79 Å². The van der Waals surface area contributed by atoms with Gasteiger partial charge in [-0.1, -0.05) is 0 Å². The zero-order valence-electron chi connectivity index (χ0n) is 7.97. The maximum Gasteiger partial charge on any atom is 0.298 e. The molecule has 2 N–H and O–H groups in total. The molecule has 0 aliphatic heterocycles. The number of carbonyl (C=O) groups is 1. The van der Waals surface area contributed by atoms with E-state index in [0.717, 1.165) is 5.69 Å². The number of aromatic nitrogens is 3. The van der Waals surface area contributed by atoms with Gasteiger partial charge in [0.05, 0.1) is 5.69 Å². The molecule has 0 amide bonds. The summed E-state index contributed by atoms with van der Waals surface area (Å²) in [5.41, 5.74) is 0.797. The number of carbonyl (C=O) groups excluding carboxylic acids is 1. The molecule has 0 saturated heterocycles. The summed E-state index contributed by atoms with van der Waals surface area (Å²) in [6, 6.07) is 6.83. The average molecular weight is 253 g/mol. The number of benzene rings is 1. The highest BCUT2D eigenvalue weighted by Gasteiger charge is 2.01. The van der Waals surface area contributed by atoms with E-state index in [4.69, 9.17) is 24.4 Å². The Morgan fingerprint density at radius 1 is 1.12 bits per heavy atom. The second-order valence-corrected chi connectivity index (χ2v) is 3.68. The molecule has 7 heteroatoms. The first kappa shape index (κ1) is 10.8. The molecule has 0 radical (unpaired) electrons. The Balaban J connectivity index is 2.46. The lowest BCUT2D eigenvalue weighted by atomic mass is 10.3. The SMILES string of the molecule is O=COc1ccc(-n2c(=S)[nH][nH]c2=S)cc1. The Morgan fingerprint density at radius 2 is 1.69 bits per heavy atom. The highest BCUT2D eigenvalue weighted by molar-refractivity contribution is 7.72. The monoisotopic (exact) mass is 253 g/mol. The van der Waals surface area contributed by atoms with Gasteiger partial charge in [-0.3, -0.25) is 19.6 Å². The van der Waals surface area contributed by atoms with E-state index >= 15 is 0 Å². The second-order valence-electron chi connectivity index (χ2n) is 2.90. The normalized spacial score (nSPS) is 10.0. The number of hydrogen-bond acceptors (Lipinski definition) is 4. The highest BCUT2D eigenvalue weighted by atomic mass is 32.1. The lowest BCUT2D eigenvalue weighted by Gasteiger charge is -2.02. The van der Waals surface area contributed by atoms with Crippen molar-refractivity contribution >= 4 is 30.9 Å². The van der Waals surface area contributed by atoms with Crippen molar-refractivity contribution in [2.75, 3.05) is 0 Å². The van der Waals surface area contributed by atoms with Gasteiger partial charge in [0.25, 0.3) is 6.47 Å². The van der Waals surface area contributed by atoms with Gasteiger partial charge in [-0.15, -0.1) is 0 Å². The summed E-state index contributed by atoms with van der Waals surface area (Å²) in [5, 5.41) is 5.47. The molecule has 1 aromatic heterocycles. The number of ether oxygens (including phenoxy) is 1. The topological polar surface area (TPSA) is 62.8 Å². The zero-order valence-corrected chi connectivity index (χ0v) is 9.60. The van der Waals surface area contributed by atoms with Gasteiger partial charge in [0.2, 0.25) is 0 Å². The van der Waals surface area contributed by atoms with Gasteiger partial charge in [0.15, 0.2) is 9.54 Å². The molecule has 0 unspecified atom stereocenters. The smallest absolute Gasteiger partial charge is 0.298 e. The Kier molecular flexibility index (Phi) is 2.97. The molecule has 82 valence electrons. The van der Waals surface area contributed by atoms with Crippen molar-refractivity contribution < 1.29 is 9.53 Å². The lowest BCUT2D eigenvalue weighted by Crippen LogP contribution is -1.94. The van der Waals surface area contributed by atoms with E-state index in [-0.39, 0.29) is 0 Å². The van der Waals surface area contributed by atoms with Gasteiger partial charge in [-0.2, -0.15) is 0 Å². The molecule has 0 aliphatic rings. The van der Waals surface area contributed by atoms with Crippen molar-refractivity contribution in [1.82, 2.24) is 14.8 Å². The van der Waals surface area contributed by atoms with Crippen LogP contribution in [0.4, 0.5) is 0 Å². The Bertz CT molecular complexity index is 581. The molecule has 0 atom stereocenters. The molecule has 16 heavy (non-hydrogen) atoms. The summed E-state index contributed by atoms with van der Waals surface area (Å²) in [6.45, 7) is 0.378. The van der Waals surface area contributed by atoms with E-state index in [1.807, 2.05) is 0 Å². The van der Waals surface area contributed by atoms with Crippen LogP contribution in [0.5, 0.6) is 5.75 Å². The minimum absolute atomic E-state index is 0.378. The predicted molar refractivity (Wildman–Crippen MR) is 62.8 cm³/mol. The average Bonchev–Trinajstić information content (AvgIpc) is 2.61. The standard InChI is InChI=1S/C9H7N3O2S2/c13-5-14-7-3-1-6(2-4-7)12-8(15)10-11-9(12)16/h1-5H,(H,10,15)(H,11,16). The Morgan fingerprint density at radius 3 is 2.19 bits per heavy atom. The first-order valence-corrected chi connectivity index (χ1v) is 5.14. The molecular formula is C9H7N3O2S2. The van der Waals surface area contributed by atoms with Crippen molar-refractivity contribution in [3.63, 3.8) is 0 Å². The van der Waals surface area contributed by atoms with E-state index in [2.05, 4.69) is 14.9 Å². The summed E-state index contributed by atoms with van der Waals surface area (Å²) in [6.07, 6.45) is 0. The van der Waals surface area contributed by atoms with Crippen LogP contribution in [0.3, 0.4) is 0 Å². The van der Waals surface area contributed by atoms with Gasteiger partial charge in [-0.25, -0.2) is 0 Å². The maximum absolute atomic E-state index is 10.1. The lowest BCUT2D eigenvalue weighted by molar-refractivity contribution is -0.120. The van der Waals surface area contributed by atoms with Crippen LogP contribution in [0, 0.1) is 9.54 Å². The summed E-state index contributed by atoms with van der Waals surface area (Å²) in [7, 11) is 0. The molecule has 5 nitrogen and oxygen atoms in total. The second kappa shape index (κ2) is 4.42. The molecule has 0 aliphatic carbocycles. The Labute approximate surface area is 101 Å². The molecule has 1 heterocycles. The van der Waals surface area contributed by atoms with Gasteiger partial charge >= 0.3 is 0 Å². The number of nitrogens with zero attached hydrogens (tertiary/aromatic N) is 1. The van der Waals surface area contributed by atoms with Crippen molar-refractivity contribution in [1.29, 1.82) is 0 Å². The fourth-order valence-electron chi connectivity index (χ4n) is 1.27. The summed E-state index contributed by atoms with van der Waals surface area (Å²) >= 11 is 10.1. The molecule has 1 aromatic carbocycles. The number of H-pyrrole nitrogens is 2. The van der Waals surface area contributed by atoms with E-state index < -0.39 is 0 Å². The first-order chi connectivity index (χ1) is 7.72. The Hall–Kier alpha value is -1.73. The molecule has 2 rings (SSSR count). The van der Waals surface area contributed by atoms with Crippen LogP contribution < -0.4 is 4.74 Å². The van der Waals surface area contributed by atoms with E-state index in [0.29, 0.717) is 21.8 Å². The maximum atomic E-state index is 10.1. The largest absolute Gasteiger partial charge is 0.429 e. The third kappa shape index (κ3) is 1.95. The van der Waals surface area contributed by atoms with Crippen LogP contribution in [0.1, 0.15) is 0 Å². The van der Waals surface area contributed by atoms with E-state index in [1.54, 1.807) is 28.8 Å². The predicted octanol–water partition coefficient (Wildman–Crippen LogP) is 2.13. The minimum atomic E-state index is 0.378. The van der Waals surface area contributed by atoms with Crippen LogP contribution in [0.15, 0.2) is 24.3 Å². The fourth-order valence-corrected chi connectivity index (χ4v) is 1.83. The van der Waals surface area contributed by atoms with Crippen LogP contribution >= 0.6 is 24.4 Å². The summed E-state index contributed by atoms with van der Waals surface area (Å²) in [5.74, 6) is 0.468. The molecule has 0 saturated carbocycles. The minimum Gasteiger partial charge on any atom is -0.429 e. The fraction of sp³-hybridized carbons (Fsp3) is 0. The van der Waals surface area contributed by atoms with Crippen molar-refractivity contribution in [3.05, 3.63) is 33.8 Å². The van der Waals surface area contributed by atoms with Crippen molar-refractivity contribution in [2.45, 2.75) is 0 Å². The zero-order chi connectivity index (χ0) is 11.5. The third-order valence-corrected chi connectivity index (χ3v) is 2.53. The van der Waals surface area contributed by atoms with Crippen LogP contribution in [0.2, 0.25) is 0 Å². The first-order valence-electron chi connectivity index (χ1n) is 4.33. The van der Waals surface area contributed by atoms with Gasteiger partial charge in [0, 0.05) is 0 Å². The number of rotatable bonds is 3. The summed E-state index contributed by atoms with van der Waals surface area (Å²) < 4.78 is 7.30. The van der Waals surface area contributed by atoms with Crippen LogP contribution in [0.25, 0.3) is 5.69 Å². The van der Waals surface area contributed by atoms with Crippen molar-refractivity contribution in [2.24, 2.45) is 0 Å². The van der Waals surface area contributed by atoms with Crippen molar-refractivity contribution in [3.8, 4) is 11.4 Å². The van der Waals surface area contributed by atoms with Crippen LogP contribution in [-0.4, -0.2) is 21.2 Å². The van der Waals surface area contributed by atoms with Crippen LogP contribution in [-0.2, 0) is 4.79 Å². The number of nitrogens with one attached hydrogen (secondary N) is 2. The highest BCUT2D eigenvalue weighted by Crippen LogP contribution is 2.15.